The molecule has 0 aromatic heterocycles. The van der Waals surface area contributed by atoms with E-state index in [1.165, 1.54) is 20.2 Å². The Morgan fingerprint density at radius 3 is 1.56 bits per heavy atom. The van der Waals surface area contributed by atoms with E-state index in [2.05, 4.69) is 45.7 Å². The van der Waals surface area contributed by atoms with Crippen LogP contribution in [0.2, 0.25) is 9.26 Å². The van der Waals surface area contributed by atoms with Gasteiger partial charge in [-0.25, -0.2) is 0 Å². The van der Waals surface area contributed by atoms with Crippen LogP contribution in [0, 0.1) is 0 Å². The molecular formula is C12H21Cl2SiZr. The first-order valence-corrected chi connectivity index (χ1v) is 21.2. The predicted molar refractivity (Wildman–Crippen MR) is 79.8 cm³/mol. The fourth-order valence-corrected chi connectivity index (χ4v) is 15.2. The van der Waals surface area contributed by atoms with Crippen LogP contribution in [0.25, 0.3) is 0 Å². The van der Waals surface area contributed by atoms with Crippen LogP contribution < -0.4 is 0 Å². The summed E-state index contributed by atoms with van der Waals surface area (Å²) in [6.45, 7) is 0. The first kappa shape index (κ1) is 16.6. The van der Waals surface area contributed by atoms with Crippen LogP contribution >= 0.6 is 24.8 Å². The monoisotopic (exact) mass is 353 g/mol. The summed E-state index contributed by atoms with van der Waals surface area (Å²) >= 11 is -2.51. The van der Waals surface area contributed by atoms with Gasteiger partial charge in [-0.1, -0.05) is 0 Å². The van der Waals surface area contributed by atoms with Crippen LogP contribution in [0.3, 0.4) is 0 Å². The van der Waals surface area contributed by atoms with Gasteiger partial charge in [-0.3, -0.25) is 0 Å². The average Bonchev–Trinajstić information content (AvgIpc) is 2.78. The third kappa shape index (κ3) is 2.90. The summed E-state index contributed by atoms with van der Waals surface area (Å²) in [6.07, 6.45) is 16.4. The Hall–Kier alpha value is 0.640. The third-order valence-electron chi connectivity index (χ3n) is 3.79. The van der Waals surface area contributed by atoms with Crippen molar-refractivity contribution < 1.29 is 17.9 Å². The Labute approximate surface area is 114 Å². The van der Waals surface area contributed by atoms with Gasteiger partial charge in [0.25, 0.3) is 0 Å². The summed E-state index contributed by atoms with van der Waals surface area (Å²) in [7, 11) is 1.39. The number of hydrogen-bond donors (Lipinski definition) is 0. The molecule has 0 nitrogen and oxygen atoms in total. The van der Waals surface area contributed by atoms with Crippen LogP contribution in [0.4, 0.5) is 0 Å². The van der Waals surface area contributed by atoms with Gasteiger partial charge in [0.15, 0.2) is 0 Å². The number of hydrogen-bond acceptors (Lipinski definition) is 0. The Morgan fingerprint density at radius 2 is 1.31 bits per heavy atom. The summed E-state index contributed by atoms with van der Waals surface area (Å²) in [6, 6.07) is 0. The quantitative estimate of drug-likeness (QED) is 0.664. The van der Waals surface area contributed by atoms with Gasteiger partial charge in [-0.2, -0.15) is 0 Å². The molecule has 0 bridgehead atoms. The first-order chi connectivity index (χ1) is 6.49. The zero-order valence-electron chi connectivity index (χ0n) is 10.2. The van der Waals surface area contributed by atoms with Crippen molar-refractivity contribution in [2.45, 2.75) is 22.1 Å². The molecule has 0 aromatic carbocycles. The molecule has 2 aliphatic rings. The molecule has 0 heterocycles. The SMILES string of the molecule is Cl.Cl.[CH3][Zr]([CH3])([SiH3])([C]1=CC=CC1)[C]1=CC=CC1. The topological polar surface area (TPSA) is 0 Å². The summed E-state index contributed by atoms with van der Waals surface area (Å²) in [5.74, 6) is 0. The Balaban J connectivity index is 0.00000112. The van der Waals surface area contributed by atoms with E-state index < -0.39 is 17.9 Å². The van der Waals surface area contributed by atoms with Crippen LogP contribution in [0.15, 0.2) is 43.0 Å². The second-order valence-corrected chi connectivity index (χ2v) is 42.0. The molecular weight excluding hydrogens is 334 g/mol. The van der Waals surface area contributed by atoms with Crippen molar-refractivity contribution >= 4 is 32.2 Å². The van der Waals surface area contributed by atoms with Gasteiger partial charge in [0, 0.05) is 0 Å². The van der Waals surface area contributed by atoms with Crippen molar-refractivity contribution in [2.24, 2.45) is 0 Å². The fourth-order valence-electron chi connectivity index (χ4n) is 2.40. The molecule has 0 fully saturated rings. The minimum absolute atomic E-state index is 0. The van der Waals surface area contributed by atoms with Gasteiger partial charge in [-0.05, 0) is 0 Å². The normalized spacial score (nSPS) is 20.5. The van der Waals surface area contributed by atoms with E-state index in [-0.39, 0.29) is 24.8 Å². The minimum atomic E-state index is -2.51. The molecule has 0 spiro atoms. The molecule has 0 atom stereocenters. The summed E-state index contributed by atoms with van der Waals surface area (Å²) in [4.78, 5) is 0. The molecule has 0 unspecified atom stereocenters. The molecule has 0 saturated carbocycles. The average molecular weight is 356 g/mol. The van der Waals surface area contributed by atoms with Gasteiger partial charge < -0.3 is 0 Å². The molecule has 0 saturated heterocycles. The van der Waals surface area contributed by atoms with Crippen LogP contribution in [-0.2, 0) is 17.9 Å². The number of rotatable bonds is 2. The second kappa shape index (κ2) is 5.52. The Bertz CT molecular complexity index is 350. The van der Waals surface area contributed by atoms with E-state index in [0.717, 1.165) is 0 Å². The molecule has 2 rings (SSSR count). The summed E-state index contributed by atoms with van der Waals surface area (Å²) in [5.41, 5.74) is 0. The first-order valence-electron chi connectivity index (χ1n) is 5.43. The van der Waals surface area contributed by atoms with Crippen molar-refractivity contribution in [2.75, 3.05) is 0 Å². The molecule has 0 aromatic rings. The summed E-state index contributed by atoms with van der Waals surface area (Å²) in [5, 5.41) is 0. The molecule has 0 aliphatic heterocycles. The molecule has 91 valence electrons. The van der Waals surface area contributed by atoms with E-state index >= 15 is 0 Å². The summed E-state index contributed by atoms with van der Waals surface area (Å²) < 4.78 is 8.83. The Morgan fingerprint density at radius 1 is 0.938 bits per heavy atom. The van der Waals surface area contributed by atoms with Crippen LogP contribution in [-0.4, -0.2) is 7.37 Å². The second-order valence-electron chi connectivity index (χ2n) is 5.77. The van der Waals surface area contributed by atoms with Crippen molar-refractivity contribution in [3.8, 4) is 0 Å². The molecule has 4 heteroatoms. The van der Waals surface area contributed by atoms with Crippen molar-refractivity contribution in [3.05, 3.63) is 43.0 Å². The van der Waals surface area contributed by atoms with Crippen LogP contribution in [0.1, 0.15) is 12.8 Å². The zero-order valence-corrected chi connectivity index (χ0v) is 16.3. The van der Waals surface area contributed by atoms with E-state index in [1.54, 1.807) is 6.56 Å². The van der Waals surface area contributed by atoms with Crippen molar-refractivity contribution in [1.82, 2.24) is 0 Å². The number of halogens is 2. The van der Waals surface area contributed by atoms with E-state index in [4.69, 9.17) is 0 Å². The molecule has 2 aliphatic carbocycles. The number of allylic oxidation sites excluding steroid dienone is 8. The Kier molecular flexibility index (Phi) is 5.74. The van der Waals surface area contributed by atoms with Crippen molar-refractivity contribution in [3.63, 3.8) is 0 Å². The van der Waals surface area contributed by atoms with E-state index in [0.29, 0.717) is 0 Å². The third-order valence-corrected chi connectivity index (χ3v) is 24.3. The molecule has 0 radical (unpaired) electrons. The maximum absolute atomic E-state index is 2.62. The predicted octanol–water partition coefficient (Wildman–Crippen LogP) is 3.58. The van der Waals surface area contributed by atoms with E-state index in [9.17, 15) is 0 Å². The molecule has 0 N–H and O–H groups in total. The standard InChI is InChI=1S/2C5H5.2CH3.2ClH.H3Si.Zr/c2*1-2-4-5-3-1;;;;;;/h2*1-3H,4H2;2*1H3;2*1H;1H3;. The molecule has 0 amide bonds. The van der Waals surface area contributed by atoms with Crippen LogP contribution in [0.5, 0.6) is 0 Å². The van der Waals surface area contributed by atoms with Gasteiger partial charge in [0.1, 0.15) is 0 Å². The van der Waals surface area contributed by atoms with Gasteiger partial charge in [0.05, 0.1) is 0 Å². The zero-order chi connectivity index (χ0) is 10.3. The van der Waals surface area contributed by atoms with Gasteiger partial charge in [-0.15, -0.1) is 24.8 Å². The molecule has 16 heavy (non-hydrogen) atoms. The maximum atomic E-state index is 2.62. The van der Waals surface area contributed by atoms with Crippen molar-refractivity contribution in [1.29, 1.82) is 0 Å². The van der Waals surface area contributed by atoms with Gasteiger partial charge >= 0.3 is 90.4 Å². The van der Waals surface area contributed by atoms with Gasteiger partial charge in [0.2, 0.25) is 0 Å². The van der Waals surface area contributed by atoms with E-state index in [1.807, 2.05) is 0 Å². The fraction of sp³-hybridized carbons (Fsp3) is 0.333.